The Hall–Kier alpha value is -2.61. The number of rotatable bonds is 10. The first kappa shape index (κ1) is 21.7. The zero-order valence-electron chi connectivity index (χ0n) is 16.5. The zero-order valence-corrected chi connectivity index (χ0v) is 17.3. The van der Waals surface area contributed by atoms with Gasteiger partial charge in [-0.2, -0.15) is 0 Å². The number of unbranched alkanes of at least 4 members (excludes halogenated alkanes) is 1. The van der Waals surface area contributed by atoms with E-state index in [0.717, 1.165) is 24.8 Å². The number of nitrogens with one attached hydrogen (secondary N) is 1. The van der Waals surface area contributed by atoms with Crippen molar-refractivity contribution >= 4 is 27.5 Å². The molecule has 2 aromatic rings. The zero-order chi connectivity index (χ0) is 20.7. The molecule has 0 unspecified atom stereocenters. The highest BCUT2D eigenvalue weighted by Crippen LogP contribution is 2.24. The number of aryl methyl sites for hydroxylation is 1. The molecule has 152 valence electrons. The van der Waals surface area contributed by atoms with Crippen molar-refractivity contribution in [3.63, 3.8) is 0 Å². The highest BCUT2D eigenvalue weighted by molar-refractivity contribution is 7.92. The molecule has 7 nitrogen and oxygen atoms in total. The topological polar surface area (TPSA) is 99.6 Å². The summed E-state index contributed by atoms with van der Waals surface area (Å²) < 4.78 is 27.6. The summed E-state index contributed by atoms with van der Waals surface area (Å²) in [6.45, 7) is 7.28. The number of aromatic nitrogens is 1. The van der Waals surface area contributed by atoms with Gasteiger partial charge in [0, 0.05) is 13.1 Å². The van der Waals surface area contributed by atoms with Crippen LogP contribution in [0.1, 0.15) is 49.5 Å². The average Bonchev–Trinajstić information content (AvgIpc) is 2.69. The number of nitrogens with zero attached hydrogens (tertiary/aromatic N) is 2. The first-order chi connectivity index (χ1) is 13.3. The van der Waals surface area contributed by atoms with Crippen LogP contribution in [0.5, 0.6) is 0 Å². The van der Waals surface area contributed by atoms with Gasteiger partial charge in [-0.3, -0.25) is 4.72 Å². The number of sulfonamides is 1. The number of benzene rings is 1. The molecule has 0 bridgehead atoms. The second kappa shape index (κ2) is 9.54. The van der Waals surface area contributed by atoms with Gasteiger partial charge in [0.1, 0.15) is 11.4 Å². The number of aromatic carboxylic acids is 1. The highest BCUT2D eigenvalue weighted by Gasteiger charge is 2.20. The molecular weight excluding hydrogens is 378 g/mol. The molecule has 0 atom stereocenters. The summed E-state index contributed by atoms with van der Waals surface area (Å²) in [5.41, 5.74) is 1.12. The van der Waals surface area contributed by atoms with Gasteiger partial charge in [-0.05, 0) is 43.5 Å². The Morgan fingerprint density at radius 3 is 2.39 bits per heavy atom. The minimum absolute atomic E-state index is 0.0283. The van der Waals surface area contributed by atoms with Crippen molar-refractivity contribution in [2.75, 3.05) is 22.7 Å². The molecule has 0 amide bonds. The van der Waals surface area contributed by atoms with Crippen LogP contribution in [0, 0.1) is 0 Å². The monoisotopic (exact) mass is 405 g/mol. The molecule has 0 saturated heterocycles. The van der Waals surface area contributed by atoms with Gasteiger partial charge >= 0.3 is 5.97 Å². The molecule has 0 fully saturated rings. The van der Waals surface area contributed by atoms with E-state index in [9.17, 15) is 18.3 Å². The smallest absolute Gasteiger partial charge is 0.339 e. The Labute approximate surface area is 166 Å². The van der Waals surface area contributed by atoms with Crippen molar-refractivity contribution in [2.45, 2.75) is 44.9 Å². The Bertz CT molecular complexity index is 912. The van der Waals surface area contributed by atoms with Crippen molar-refractivity contribution in [1.82, 2.24) is 4.98 Å². The number of pyridine rings is 1. The molecule has 1 heterocycles. The third-order valence-electron chi connectivity index (χ3n) is 4.45. The molecule has 8 heteroatoms. The van der Waals surface area contributed by atoms with E-state index >= 15 is 0 Å². The number of hydrogen-bond donors (Lipinski definition) is 2. The van der Waals surface area contributed by atoms with E-state index in [2.05, 4.69) is 16.6 Å². The lowest BCUT2D eigenvalue weighted by Crippen LogP contribution is -2.27. The van der Waals surface area contributed by atoms with Gasteiger partial charge in [-0.25, -0.2) is 18.2 Å². The third-order valence-corrected chi connectivity index (χ3v) is 5.85. The summed E-state index contributed by atoms with van der Waals surface area (Å²) in [6, 6.07) is 7.89. The van der Waals surface area contributed by atoms with Crippen LogP contribution in [0.2, 0.25) is 0 Å². The summed E-state index contributed by atoms with van der Waals surface area (Å²) in [4.78, 5) is 18.0. The minimum atomic E-state index is -3.83. The standard InChI is InChI=1S/C20H27N3O4S/c1-4-7-12-23(6-3)19-18(20(24)25)13-16(14-21-19)22-28(26,27)17-10-8-15(5-2)9-11-17/h8-11,13-14,22H,4-7,12H2,1-3H3,(H,24,25). The molecule has 2 N–H and O–H groups in total. The molecule has 1 aromatic heterocycles. The SMILES string of the molecule is CCCCN(CC)c1ncc(NS(=O)(=O)c2ccc(CC)cc2)cc1C(=O)O. The van der Waals surface area contributed by atoms with Crippen molar-refractivity contribution in [3.8, 4) is 0 Å². The van der Waals surface area contributed by atoms with Crippen LogP contribution in [-0.4, -0.2) is 37.6 Å². The molecule has 2 rings (SSSR count). The van der Waals surface area contributed by atoms with E-state index < -0.39 is 16.0 Å². The Morgan fingerprint density at radius 2 is 1.86 bits per heavy atom. The maximum Gasteiger partial charge on any atom is 0.339 e. The van der Waals surface area contributed by atoms with Crippen LogP contribution < -0.4 is 9.62 Å². The Kier molecular flexibility index (Phi) is 7.39. The molecule has 1 aromatic carbocycles. The highest BCUT2D eigenvalue weighted by atomic mass is 32.2. The van der Waals surface area contributed by atoms with Gasteiger partial charge < -0.3 is 10.0 Å². The van der Waals surface area contributed by atoms with E-state index in [4.69, 9.17) is 0 Å². The maximum absolute atomic E-state index is 12.6. The van der Waals surface area contributed by atoms with Crippen LogP contribution in [0.25, 0.3) is 0 Å². The van der Waals surface area contributed by atoms with Crippen molar-refractivity contribution < 1.29 is 18.3 Å². The molecule has 28 heavy (non-hydrogen) atoms. The predicted molar refractivity (Wildman–Crippen MR) is 111 cm³/mol. The average molecular weight is 406 g/mol. The fourth-order valence-corrected chi connectivity index (χ4v) is 3.84. The fourth-order valence-electron chi connectivity index (χ4n) is 2.80. The number of carboxylic acid groups (broad SMARTS) is 1. The largest absolute Gasteiger partial charge is 0.478 e. The number of carboxylic acids is 1. The van der Waals surface area contributed by atoms with Gasteiger partial charge in [0.25, 0.3) is 10.0 Å². The van der Waals surface area contributed by atoms with Gasteiger partial charge in [-0.1, -0.05) is 32.4 Å². The van der Waals surface area contributed by atoms with E-state index in [0.29, 0.717) is 18.9 Å². The summed E-state index contributed by atoms with van der Waals surface area (Å²) in [6.07, 6.45) is 4.06. The van der Waals surface area contributed by atoms with Gasteiger partial charge in [0.15, 0.2) is 0 Å². The molecule has 0 spiro atoms. The second-order valence-corrected chi connectivity index (χ2v) is 8.12. The summed E-state index contributed by atoms with van der Waals surface area (Å²) >= 11 is 0. The molecule has 0 aliphatic rings. The molecule has 0 aliphatic heterocycles. The first-order valence-electron chi connectivity index (χ1n) is 9.42. The first-order valence-corrected chi connectivity index (χ1v) is 10.9. The fraction of sp³-hybridized carbons (Fsp3) is 0.400. The van der Waals surface area contributed by atoms with Crippen molar-refractivity contribution in [3.05, 3.63) is 47.7 Å². The number of carbonyl (C=O) groups is 1. The Balaban J connectivity index is 2.33. The van der Waals surface area contributed by atoms with Crippen LogP contribution in [0.3, 0.4) is 0 Å². The number of anilines is 2. The quantitative estimate of drug-likeness (QED) is 0.624. The van der Waals surface area contributed by atoms with E-state index in [-0.39, 0.29) is 16.1 Å². The lowest BCUT2D eigenvalue weighted by molar-refractivity contribution is 0.0697. The lowest BCUT2D eigenvalue weighted by Gasteiger charge is -2.23. The summed E-state index contributed by atoms with van der Waals surface area (Å²) in [5, 5.41) is 9.59. The second-order valence-electron chi connectivity index (χ2n) is 6.44. The van der Waals surface area contributed by atoms with Crippen LogP contribution in [0.15, 0.2) is 41.4 Å². The molecular formula is C20H27N3O4S. The van der Waals surface area contributed by atoms with Gasteiger partial charge in [0.05, 0.1) is 16.8 Å². The van der Waals surface area contributed by atoms with E-state index in [1.54, 1.807) is 12.1 Å². The molecule has 0 radical (unpaired) electrons. The van der Waals surface area contributed by atoms with Crippen molar-refractivity contribution in [1.29, 1.82) is 0 Å². The third kappa shape index (κ3) is 5.22. The number of hydrogen-bond acceptors (Lipinski definition) is 5. The van der Waals surface area contributed by atoms with Crippen LogP contribution in [-0.2, 0) is 16.4 Å². The van der Waals surface area contributed by atoms with Crippen LogP contribution in [0.4, 0.5) is 11.5 Å². The predicted octanol–water partition coefficient (Wildman–Crippen LogP) is 3.77. The van der Waals surface area contributed by atoms with Gasteiger partial charge in [0.2, 0.25) is 0 Å². The van der Waals surface area contributed by atoms with E-state index in [1.807, 2.05) is 18.7 Å². The summed E-state index contributed by atoms with van der Waals surface area (Å²) in [5.74, 6) is -0.801. The van der Waals surface area contributed by atoms with Gasteiger partial charge in [-0.15, -0.1) is 0 Å². The Morgan fingerprint density at radius 1 is 1.18 bits per heavy atom. The van der Waals surface area contributed by atoms with Crippen LogP contribution >= 0.6 is 0 Å². The van der Waals surface area contributed by atoms with E-state index in [1.165, 1.54) is 24.4 Å². The minimum Gasteiger partial charge on any atom is -0.478 e. The normalized spacial score (nSPS) is 11.2. The van der Waals surface area contributed by atoms with Crippen molar-refractivity contribution in [2.24, 2.45) is 0 Å². The molecule has 0 aliphatic carbocycles. The molecule has 0 saturated carbocycles. The lowest BCUT2D eigenvalue weighted by atomic mass is 10.2. The summed E-state index contributed by atoms with van der Waals surface area (Å²) in [7, 11) is -3.83. The maximum atomic E-state index is 12.6.